The summed E-state index contributed by atoms with van der Waals surface area (Å²) < 4.78 is 0. The van der Waals surface area contributed by atoms with Crippen molar-refractivity contribution < 1.29 is 0 Å². The predicted molar refractivity (Wildman–Crippen MR) is 80.2 cm³/mol. The van der Waals surface area contributed by atoms with E-state index in [2.05, 4.69) is 17.2 Å². The van der Waals surface area contributed by atoms with Gasteiger partial charge in [0.1, 0.15) is 5.01 Å². The molecule has 1 saturated carbocycles. The predicted octanol–water partition coefficient (Wildman–Crippen LogP) is 2.65. The summed E-state index contributed by atoms with van der Waals surface area (Å²) in [6, 6.07) is 0.440. The second-order valence-electron chi connectivity index (χ2n) is 6.20. The van der Waals surface area contributed by atoms with Crippen molar-refractivity contribution in [3.05, 3.63) is 16.1 Å². The minimum atomic E-state index is 0.440. The molecule has 0 spiro atoms. The number of aryl methyl sites for hydroxylation is 1. The highest BCUT2D eigenvalue weighted by molar-refractivity contribution is 7.09. The van der Waals surface area contributed by atoms with Gasteiger partial charge in [0, 0.05) is 24.5 Å². The maximum atomic E-state index is 6.28. The van der Waals surface area contributed by atoms with E-state index in [0.717, 1.165) is 24.8 Å². The maximum absolute atomic E-state index is 6.28. The summed E-state index contributed by atoms with van der Waals surface area (Å²) >= 11 is 1.83. The molecule has 0 radical (unpaired) electrons. The van der Waals surface area contributed by atoms with Gasteiger partial charge in [0.2, 0.25) is 0 Å². The van der Waals surface area contributed by atoms with Crippen LogP contribution in [0.1, 0.15) is 43.3 Å². The zero-order valence-corrected chi connectivity index (χ0v) is 12.7. The van der Waals surface area contributed by atoms with E-state index in [-0.39, 0.29) is 0 Å². The van der Waals surface area contributed by atoms with Crippen LogP contribution in [0.2, 0.25) is 0 Å². The molecule has 3 rings (SSSR count). The first kappa shape index (κ1) is 13.5. The van der Waals surface area contributed by atoms with Crippen LogP contribution in [-0.2, 0) is 13.0 Å². The van der Waals surface area contributed by atoms with Gasteiger partial charge in [-0.25, -0.2) is 4.98 Å². The molecule has 1 aromatic rings. The summed E-state index contributed by atoms with van der Waals surface area (Å²) in [6.07, 6.45) is 6.24. The van der Waals surface area contributed by atoms with Gasteiger partial charge < -0.3 is 5.73 Å². The highest BCUT2D eigenvalue weighted by Gasteiger charge is 2.38. The van der Waals surface area contributed by atoms with Crippen LogP contribution < -0.4 is 5.73 Å². The van der Waals surface area contributed by atoms with Crippen molar-refractivity contribution in [2.75, 3.05) is 13.1 Å². The number of hydrogen-bond acceptors (Lipinski definition) is 4. The second kappa shape index (κ2) is 5.90. The highest BCUT2D eigenvalue weighted by Crippen LogP contribution is 2.36. The molecule has 1 saturated heterocycles. The number of nitrogens with two attached hydrogens (primary N) is 1. The quantitative estimate of drug-likeness (QED) is 0.921. The number of fused-ring (bicyclic) bond motifs is 1. The Morgan fingerprint density at radius 1 is 1.42 bits per heavy atom. The molecule has 106 valence electrons. The van der Waals surface area contributed by atoms with Gasteiger partial charge in [-0.3, -0.25) is 4.90 Å². The van der Waals surface area contributed by atoms with Gasteiger partial charge in [-0.1, -0.05) is 19.8 Å². The van der Waals surface area contributed by atoms with Crippen LogP contribution in [-0.4, -0.2) is 29.0 Å². The molecule has 2 aliphatic rings. The standard InChI is InChI=1S/C15H25N3S/c1-2-4-12-10-19-15(17-12)9-18-7-11-5-3-6-14(16)13(11)8-18/h10-11,13-14H,2-9,16H2,1H3. The van der Waals surface area contributed by atoms with Crippen molar-refractivity contribution in [3.8, 4) is 0 Å². The van der Waals surface area contributed by atoms with E-state index in [1.165, 1.54) is 49.5 Å². The Morgan fingerprint density at radius 3 is 3.11 bits per heavy atom. The van der Waals surface area contributed by atoms with Gasteiger partial charge in [0.05, 0.1) is 12.2 Å². The van der Waals surface area contributed by atoms with Gasteiger partial charge in [-0.2, -0.15) is 0 Å². The van der Waals surface area contributed by atoms with E-state index < -0.39 is 0 Å². The van der Waals surface area contributed by atoms with Gasteiger partial charge in [-0.15, -0.1) is 11.3 Å². The normalized spacial score (nSPS) is 31.6. The number of nitrogens with zero attached hydrogens (tertiary/aromatic N) is 2. The third kappa shape index (κ3) is 3.01. The van der Waals surface area contributed by atoms with Crippen molar-refractivity contribution in [2.24, 2.45) is 17.6 Å². The minimum absolute atomic E-state index is 0.440. The molecular weight excluding hydrogens is 254 g/mol. The fourth-order valence-corrected chi connectivity index (χ4v) is 4.59. The molecule has 0 bridgehead atoms. The minimum Gasteiger partial charge on any atom is -0.327 e. The maximum Gasteiger partial charge on any atom is 0.107 e. The van der Waals surface area contributed by atoms with Crippen LogP contribution in [0.4, 0.5) is 0 Å². The SMILES string of the molecule is CCCc1csc(CN2CC3CCCC(N)C3C2)n1. The number of thiazole rings is 1. The monoisotopic (exact) mass is 279 g/mol. The Bertz CT molecular complexity index is 417. The summed E-state index contributed by atoms with van der Waals surface area (Å²) in [7, 11) is 0. The van der Waals surface area contributed by atoms with E-state index in [9.17, 15) is 0 Å². The van der Waals surface area contributed by atoms with Gasteiger partial charge in [0.15, 0.2) is 0 Å². The van der Waals surface area contributed by atoms with Crippen LogP contribution in [0.3, 0.4) is 0 Å². The molecule has 3 nitrogen and oxygen atoms in total. The van der Waals surface area contributed by atoms with E-state index in [0.29, 0.717) is 6.04 Å². The van der Waals surface area contributed by atoms with Crippen LogP contribution in [0.25, 0.3) is 0 Å². The van der Waals surface area contributed by atoms with Crippen LogP contribution in [0, 0.1) is 11.8 Å². The summed E-state index contributed by atoms with van der Waals surface area (Å²) in [6.45, 7) is 5.68. The molecule has 1 aromatic heterocycles. The molecule has 0 amide bonds. The Balaban J connectivity index is 1.58. The largest absolute Gasteiger partial charge is 0.327 e. The Hall–Kier alpha value is -0.450. The van der Waals surface area contributed by atoms with E-state index in [1.54, 1.807) is 0 Å². The molecule has 1 aliphatic carbocycles. The summed E-state index contributed by atoms with van der Waals surface area (Å²) in [5, 5.41) is 3.52. The Kier molecular flexibility index (Phi) is 4.20. The lowest BCUT2D eigenvalue weighted by Crippen LogP contribution is -2.38. The first-order valence-corrected chi connectivity index (χ1v) is 8.55. The van der Waals surface area contributed by atoms with Crippen molar-refractivity contribution in [3.63, 3.8) is 0 Å². The lowest BCUT2D eigenvalue weighted by molar-refractivity contribution is 0.259. The van der Waals surface area contributed by atoms with Crippen LogP contribution in [0.5, 0.6) is 0 Å². The fraction of sp³-hybridized carbons (Fsp3) is 0.800. The number of likely N-dealkylation sites (tertiary alicyclic amines) is 1. The third-order valence-corrected chi connectivity index (χ3v) is 5.58. The number of rotatable bonds is 4. The number of hydrogen-bond donors (Lipinski definition) is 1. The molecule has 1 aliphatic heterocycles. The van der Waals surface area contributed by atoms with E-state index in [1.807, 2.05) is 11.3 Å². The van der Waals surface area contributed by atoms with E-state index in [4.69, 9.17) is 10.7 Å². The molecule has 2 fully saturated rings. The first-order chi connectivity index (χ1) is 9.26. The number of aromatic nitrogens is 1. The zero-order chi connectivity index (χ0) is 13.2. The van der Waals surface area contributed by atoms with Gasteiger partial charge >= 0.3 is 0 Å². The average molecular weight is 279 g/mol. The molecular formula is C15H25N3S. The summed E-state index contributed by atoms with van der Waals surface area (Å²) in [5.74, 6) is 1.59. The first-order valence-electron chi connectivity index (χ1n) is 7.67. The third-order valence-electron chi connectivity index (χ3n) is 4.69. The Labute approximate surface area is 120 Å². The Morgan fingerprint density at radius 2 is 2.32 bits per heavy atom. The highest BCUT2D eigenvalue weighted by atomic mass is 32.1. The topological polar surface area (TPSA) is 42.1 Å². The molecule has 19 heavy (non-hydrogen) atoms. The smallest absolute Gasteiger partial charge is 0.107 e. The van der Waals surface area contributed by atoms with Crippen molar-refractivity contribution >= 4 is 11.3 Å². The molecule has 4 heteroatoms. The van der Waals surface area contributed by atoms with Crippen LogP contribution >= 0.6 is 11.3 Å². The molecule has 3 unspecified atom stereocenters. The summed E-state index contributed by atoms with van der Waals surface area (Å²) in [5.41, 5.74) is 7.55. The molecule has 2 heterocycles. The van der Waals surface area contributed by atoms with Gasteiger partial charge in [-0.05, 0) is 31.1 Å². The fourth-order valence-electron chi connectivity index (χ4n) is 3.72. The molecule has 2 N–H and O–H groups in total. The van der Waals surface area contributed by atoms with E-state index >= 15 is 0 Å². The van der Waals surface area contributed by atoms with Crippen LogP contribution in [0.15, 0.2) is 5.38 Å². The lowest BCUT2D eigenvalue weighted by Gasteiger charge is -2.29. The zero-order valence-electron chi connectivity index (χ0n) is 11.8. The lowest BCUT2D eigenvalue weighted by atomic mass is 9.78. The molecule has 3 atom stereocenters. The van der Waals surface area contributed by atoms with Crippen molar-refractivity contribution in [1.29, 1.82) is 0 Å². The van der Waals surface area contributed by atoms with Crippen molar-refractivity contribution in [1.82, 2.24) is 9.88 Å². The summed E-state index contributed by atoms with van der Waals surface area (Å²) in [4.78, 5) is 7.32. The van der Waals surface area contributed by atoms with Gasteiger partial charge in [0.25, 0.3) is 0 Å². The molecule has 0 aromatic carbocycles. The second-order valence-corrected chi connectivity index (χ2v) is 7.14. The average Bonchev–Trinajstić information content (AvgIpc) is 2.98. The van der Waals surface area contributed by atoms with Crippen molar-refractivity contribution in [2.45, 2.75) is 51.6 Å².